The Morgan fingerprint density at radius 3 is 2.91 bits per heavy atom. The van der Waals surface area contributed by atoms with Crippen molar-refractivity contribution in [3.63, 3.8) is 0 Å². The largest absolute Gasteiger partial charge is 0.494 e. The lowest BCUT2D eigenvalue weighted by Gasteiger charge is -2.05. The summed E-state index contributed by atoms with van der Waals surface area (Å²) >= 11 is 0. The van der Waals surface area contributed by atoms with Gasteiger partial charge in [0.15, 0.2) is 0 Å². The Bertz CT molecular complexity index is 210. The third-order valence-corrected chi connectivity index (χ3v) is 1.65. The second-order valence-corrected chi connectivity index (χ2v) is 2.59. The average Bonchev–Trinajstić information content (AvgIpc) is 2.05. The average molecular weight is 156 g/mol. The molecule has 0 saturated heterocycles. The van der Waals surface area contributed by atoms with E-state index >= 15 is 0 Å². The summed E-state index contributed by atoms with van der Waals surface area (Å²) in [5, 5.41) is 2.63. The molecule has 0 spiro atoms. The van der Waals surface area contributed by atoms with E-state index in [1.54, 1.807) is 13.8 Å². The van der Waals surface area contributed by atoms with Crippen molar-refractivity contribution in [1.29, 1.82) is 0 Å². The molecule has 0 aromatic rings. The van der Waals surface area contributed by atoms with Crippen LogP contribution in [0.3, 0.4) is 0 Å². The zero-order valence-electron chi connectivity index (χ0n) is 6.68. The van der Waals surface area contributed by atoms with Crippen LogP contribution < -0.4 is 11.1 Å². The molecule has 0 fully saturated rings. The fourth-order valence-corrected chi connectivity index (χ4v) is 0.764. The topological polar surface area (TPSA) is 64.3 Å². The summed E-state index contributed by atoms with van der Waals surface area (Å²) in [6, 6.07) is -0.553. The molecule has 1 amide bonds. The Kier molecular flexibility index (Phi) is 2.14. The third-order valence-electron chi connectivity index (χ3n) is 1.65. The van der Waals surface area contributed by atoms with Crippen LogP contribution in [0.4, 0.5) is 0 Å². The summed E-state index contributed by atoms with van der Waals surface area (Å²) in [4.78, 5) is 11.0. The summed E-state index contributed by atoms with van der Waals surface area (Å²) in [5.41, 5.74) is 6.18. The van der Waals surface area contributed by atoms with Gasteiger partial charge in [-0.15, -0.1) is 0 Å². The van der Waals surface area contributed by atoms with E-state index in [4.69, 9.17) is 10.5 Å². The van der Waals surface area contributed by atoms with E-state index in [2.05, 4.69) is 5.32 Å². The molecule has 0 radical (unpaired) electrons. The minimum absolute atomic E-state index is 0.181. The van der Waals surface area contributed by atoms with Crippen molar-refractivity contribution in [2.75, 3.05) is 6.61 Å². The Balaban J connectivity index is 2.75. The summed E-state index contributed by atoms with van der Waals surface area (Å²) in [6.45, 7) is 3.84. The molecule has 0 bridgehead atoms. The quantitative estimate of drug-likeness (QED) is 0.506. The van der Waals surface area contributed by atoms with Gasteiger partial charge >= 0.3 is 0 Å². The zero-order chi connectivity index (χ0) is 8.43. The lowest BCUT2D eigenvalue weighted by Crippen LogP contribution is -2.40. The third kappa shape index (κ3) is 1.71. The van der Waals surface area contributed by atoms with Crippen LogP contribution in [0.5, 0.6) is 0 Å². The van der Waals surface area contributed by atoms with Gasteiger partial charge in [0.1, 0.15) is 18.4 Å². The normalized spacial score (nSPS) is 25.7. The van der Waals surface area contributed by atoms with Crippen molar-refractivity contribution in [3.05, 3.63) is 11.5 Å². The van der Waals surface area contributed by atoms with E-state index in [-0.39, 0.29) is 12.5 Å². The first kappa shape index (κ1) is 8.07. The molecule has 0 saturated carbocycles. The number of amides is 1. The van der Waals surface area contributed by atoms with Crippen LogP contribution in [-0.2, 0) is 9.53 Å². The Morgan fingerprint density at radius 1 is 1.64 bits per heavy atom. The summed E-state index contributed by atoms with van der Waals surface area (Å²) in [6.07, 6.45) is 0. The molecule has 0 aromatic carbocycles. The van der Waals surface area contributed by atoms with Gasteiger partial charge in [-0.3, -0.25) is 4.79 Å². The lowest BCUT2D eigenvalue weighted by atomic mass is 10.3. The first-order valence-corrected chi connectivity index (χ1v) is 3.48. The number of nitrogens with one attached hydrogen (secondary N) is 1. The number of carbonyl (C=O) groups is 1. The molecule has 0 aliphatic carbocycles. The van der Waals surface area contributed by atoms with E-state index in [1.807, 2.05) is 0 Å². The number of hydrogen-bond acceptors (Lipinski definition) is 3. The minimum atomic E-state index is -0.553. The Morgan fingerprint density at radius 2 is 2.27 bits per heavy atom. The number of rotatable bonds is 0. The van der Waals surface area contributed by atoms with Gasteiger partial charge in [-0.25, -0.2) is 0 Å². The molecule has 4 nitrogen and oxygen atoms in total. The smallest absolute Gasteiger partial charge is 0.244 e. The van der Waals surface area contributed by atoms with E-state index < -0.39 is 6.04 Å². The monoisotopic (exact) mass is 156 g/mol. The molecule has 1 heterocycles. The number of ether oxygens (including phenoxy) is 1. The van der Waals surface area contributed by atoms with E-state index in [9.17, 15) is 4.79 Å². The van der Waals surface area contributed by atoms with Gasteiger partial charge < -0.3 is 15.8 Å². The van der Waals surface area contributed by atoms with Crippen LogP contribution >= 0.6 is 0 Å². The molecule has 0 aromatic heterocycles. The van der Waals surface area contributed by atoms with Gasteiger partial charge in [0.05, 0.1) is 5.70 Å². The lowest BCUT2D eigenvalue weighted by molar-refractivity contribution is -0.122. The standard InChI is InChI=1S/C7H12N2O2/c1-4-5(2)11-3-6(8)7(10)9-4/h6H,3,8H2,1-2H3,(H,9,10). The predicted octanol–water partition coefficient (Wildman–Crippen LogP) is -0.289. The number of carbonyl (C=O) groups excluding carboxylic acids is 1. The molecule has 1 rings (SSSR count). The van der Waals surface area contributed by atoms with Gasteiger partial charge in [-0.05, 0) is 13.8 Å². The van der Waals surface area contributed by atoms with Gasteiger partial charge in [0, 0.05) is 0 Å². The van der Waals surface area contributed by atoms with Crippen LogP contribution in [0, 0.1) is 0 Å². The molecule has 3 N–H and O–H groups in total. The summed E-state index contributed by atoms with van der Waals surface area (Å²) in [7, 11) is 0. The van der Waals surface area contributed by atoms with Crippen LogP contribution in [0.2, 0.25) is 0 Å². The second kappa shape index (κ2) is 2.92. The van der Waals surface area contributed by atoms with Crippen LogP contribution in [0.25, 0.3) is 0 Å². The van der Waals surface area contributed by atoms with Gasteiger partial charge in [-0.1, -0.05) is 0 Å². The molecule has 1 aliphatic rings. The van der Waals surface area contributed by atoms with Crippen molar-refractivity contribution in [2.24, 2.45) is 5.73 Å². The van der Waals surface area contributed by atoms with Crippen LogP contribution in [0.15, 0.2) is 11.5 Å². The van der Waals surface area contributed by atoms with Crippen LogP contribution in [-0.4, -0.2) is 18.6 Å². The molecule has 11 heavy (non-hydrogen) atoms. The van der Waals surface area contributed by atoms with E-state index in [0.717, 1.165) is 11.5 Å². The van der Waals surface area contributed by atoms with Crippen LogP contribution in [0.1, 0.15) is 13.8 Å². The summed E-state index contributed by atoms with van der Waals surface area (Å²) in [5.74, 6) is 0.547. The molecule has 1 unspecified atom stereocenters. The zero-order valence-corrected chi connectivity index (χ0v) is 6.68. The van der Waals surface area contributed by atoms with Crippen molar-refractivity contribution >= 4 is 5.91 Å². The van der Waals surface area contributed by atoms with E-state index in [1.165, 1.54) is 0 Å². The van der Waals surface area contributed by atoms with Gasteiger partial charge in [0.25, 0.3) is 0 Å². The maximum Gasteiger partial charge on any atom is 0.244 e. The molecule has 4 heteroatoms. The van der Waals surface area contributed by atoms with Gasteiger partial charge in [0.2, 0.25) is 5.91 Å². The first-order valence-electron chi connectivity index (χ1n) is 3.48. The second-order valence-electron chi connectivity index (χ2n) is 2.59. The highest BCUT2D eigenvalue weighted by Crippen LogP contribution is 2.06. The van der Waals surface area contributed by atoms with Crippen molar-refractivity contribution in [3.8, 4) is 0 Å². The maximum atomic E-state index is 11.0. The van der Waals surface area contributed by atoms with Gasteiger partial charge in [-0.2, -0.15) is 0 Å². The fraction of sp³-hybridized carbons (Fsp3) is 0.571. The number of allylic oxidation sites excluding steroid dienone is 2. The first-order chi connectivity index (χ1) is 5.11. The molecule has 62 valence electrons. The van der Waals surface area contributed by atoms with Crippen molar-refractivity contribution < 1.29 is 9.53 Å². The Hall–Kier alpha value is -1.03. The number of hydrogen-bond donors (Lipinski definition) is 2. The maximum absolute atomic E-state index is 11.0. The van der Waals surface area contributed by atoms with Crippen molar-refractivity contribution in [2.45, 2.75) is 19.9 Å². The fourth-order valence-electron chi connectivity index (χ4n) is 0.764. The summed E-state index contributed by atoms with van der Waals surface area (Å²) < 4.78 is 5.17. The SMILES string of the molecule is CC1=C(C)OCC(N)C(=O)N1. The molecule has 1 aliphatic heterocycles. The predicted molar refractivity (Wildman–Crippen MR) is 40.4 cm³/mol. The van der Waals surface area contributed by atoms with E-state index in [0.29, 0.717) is 0 Å². The Labute approximate surface area is 65.4 Å². The number of nitrogens with two attached hydrogens (primary N) is 1. The minimum Gasteiger partial charge on any atom is -0.494 e. The highest BCUT2D eigenvalue weighted by Gasteiger charge is 2.18. The van der Waals surface area contributed by atoms with Crippen molar-refractivity contribution in [1.82, 2.24) is 5.32 Å². The molecular formula is C7H12N2O2. The highest BCUT2D eigenvalue weighted by atomic mass is 16.5. The highest BCUT2D eigenvalue weighted by molar-refractivity contribution is 5.83. The molecule has 1 atom stereocenters. The molecular weight excluding hydrogens is 144 g/mol.